The van der Waals surface area contributed by atoms with Gasteiger partial charge in [0.25, 0.3) is 0 Å². The van der Waals surface area contributed by atoms with Crippen molar-refractivity contribution in [2.75, 3.05) is 49.6 Å². The Morgan fingerprint density at radius 1 is 1.11 bits per heavy atom. The van der Waals surface area contributed by atoms with Gasteiger partial charge in [-0.2, -0.15) is 4.98 Å². The fourth-order valence-corrected chi connectivity index (χ4v) is 3.96. The molecule has 2 N–H and O–H groups in total. The number of aryl methyl sites for hydroxylation is 1. The molecule has 2 heterocycles. The van der Waals surface area contributed by atoms with Gasteiger partial charge in [-0.15, -0.1) is 0 Å². The zero-order valence-corrected chi connectivity index (χ0v) is 16.2. The molecule has 146 valence electrons. The van der Waals surface area contributed by atoms with Crippen molar-refractivity contribution in [1.82, 2.24) is 14.7 Å². The maximum Gasteiger partial charge on any atom is 0.224 e. The quantitative estimate of drug-likeness (QED) is 0.652. The molecule has 0 amide bonds. The number of nitrogens with one attached hydrogen (secondary N) is 2. The third-order valence-electron chi connectivity index (χ3n) is 4.11. The van der Waals surface area contributed by atoms with Gasteiger partial charge in [0, 0.05) is 37.9 Å². The Labute approximate surface area is 160 Å². The van der Waals surface area contributed by atoms with E-state index in [0.717, 1.165) is 30.2 Å². The molecular weight excluding hydrogens is 366 g/mol. The molecule has 1 aliphatic heterocycles. The first-order chi connectivity index (χ1) is 13.0. The second kappa shape index (κ2) is 9.12. The molecule has 0 unspecified atom stereocenters. The molecule has 1 fully saturated rings. The zero-order chi connectivity index (χ0) is 19.1. The summed E-state index contributed by atoms with van der Waals surface area (Å²) in [5.74, 6) is 1.33. The van der Waals surface area contributed by atoms with Crippen molar-refractivity contribution in [1.29, 1.82) is 0 Å². The molecule has 1 aliphatic rings. The fraction of sp³-hybridized carbons (Fsp3) is 0.444. The predicted molar refractivity (Wildman–Crippen MR) is 105 cm³/mol. The molecule has 8 nitrogen and oxygen atoms in total. The Morgan fingerprint density at radius 2 is 1.85 bits per heavy atom. The van der Waals surface area contributed by atoms with E-state index in [-0.39, 0.29) is 12.3 Å². The van der Waals surface area contributed by atoms with Crippen LogP contribution >= 0.6 is 0 Å². The lowest BCUT2D eigenvalue weighted by atomic mass is 10.2. The molecule has 1 aromatic carbocycles. The molecule has 0 spiro atoms. The Morgan fingerprint density at radius 3 is 2.59 bits per heavy atom. The smallest absolute Gasteiger partial charge is 0.224 e. The van der Waals surface area contributed by atoms with E-state index in [1.807, 2.05) is 31.2 Å². The van der Waals surface area contributed by atoms with E-state index in [9.17, 15) is 8.42 Å². The lowest BCUT2D eigenvalue weighted by Crippen LogP contribution is -2.37. The SMILES string of the molecule is Cc1cc(N2CCOCC2)nc(NCCNS(=O)(=O)Cc2ccccc2)n1. The first kappa shape index (κ1) is 19.5. The molecule has 0 aliphatic carbocycles. The van der Waals surface area contributed by atoms with Crippen molar-refractivity contribution in [3.05, 3.63) is 47.7 Å². The number of morpholine rings is 1. The number of ether oxygens (including phenoxy) is 1. The van der Waals surface area contributed by atoms with Crippen LogP contribution in [0.15, 0.2) is 36.4 Å². The highest BCUT2D eigenvalue weighted by atomic mass is 32.2. The third-order valence-corrected chi connectivity index (χ3v) is 5.46. The van der Waals surface area contributed by atoms with Crippen molar-refractivity contribution in [3.63, 3.8) is 0 Å². The van der Waals surface area contributed by atoms with Crippen molar-refractivity contribution in [2.45, 2.75) is 12.7 Å². The topological polar surface area (TPSA) is 96.5 Å². The number of aromatic nitrogens is 2. The van der Waals surface area contributed by atoms with Gasteiger partial charge in [-0.3, -0.25) is 0 Å². The largest absolute Gasteiger partial charge is 0.378 e. The van der Waals surface area contributed by atoms with Gasteiger partial charge in [0.2, 0.25) is 16.0 Å². The van der Waals surface area contributed by atoms with Crippen molar-refractivity contribution < 1.29 is 13.2 Å². The third kappa shape index (κ3) is 6.16. The molecule has 9 heteroatoms. The lowest BCUT2D eigenvalue weighted by molar-refractivity contribution is 0.122. The zero-order valence-electron chi connectivity index (χ0n) is 15.4. The van der Waals surface area contributed by atoms with Gasteiger partial charge >= 0.3 is 0 Å². The van der Waals surface area contributed by atoms with Crippen LogP contribution in [0.5, 0.6) is 0 Å². The van der Waals surface area contributed by atoms with Crippen molar-refractivity contribution >= 4 is 21.8 Å². The number of rotatable bonds is 8. The Bertz CT molecular complexity index is 839. The van der Waals surface area contributed by atoms with Crippen LogP contribution in [0.25, 0.3) is 0 Å². The van der Waals surface area contributed by atoms with Gasteiger partial charge in [0.1, 0.15) is 5.82 Å². The van der Waals surface area contributed by atoms with E-state index in [4.69, 9.17) is 4.74 Å². The molecule has 1 saturated heterocycles. The minimum atomic E-state index is -3.38. The van der Waals surface area contributed by atoms with Gasteiger partial charge in [-0.1, -0.05) is 30.3 Å². The van der Waals surface area contributed by atoms with E-state index in [2.05, 4.69) is 24.9 Å². The van der Waals surface area contributed by atoms with Crippen molar-refractivity contribution in [2.24, 2.45) is 0 Å². The summed E-state index contributed by atoms with van der Waals surface area (Å²) >= 11 is 0. The van der Waals surface area contributed by atoms with Crippen LogP contribution in [-0.2, 0) is 20.5 Å². The number of hydrogen-bond acceptors (Lipinski definition) is 7. The molecule has 27 heavy (non-hydrogen) atoms. The summed E-state index contributed by atoms with van der Waals surface area (Å²) in [6, 6.07) is 11.1. The van der Waals surface area contributed by atoms with Crippen molar-refractivity contribution in [3.8, 4) is 0 Å². The Kier molecular flexibility index (Phi) is 6.59. The van der Waals surface area contributed by atoms with Gasteiger partial charge in [0.05, 0.1) is 19.0 Å². The first-order valence-electron chi connectivity index (χ1n) is 8.95. The van der Waals surface area contributed by atoms with E-state index in [1.54, 1.807) is 12.1 Å². The highest BCUT2D eigenvalue weighted by Gasteiger charge is 2.14. The average Bonchev–Trinajstić information content (AvgIpc) is 2.66. The number of nitrogens with zero attached hydrogens (tertiary/aromatic N) is 3. The highest BCUT2D eigenvalue weighted by Crippen LogP contribution is 2.16. The molecule has 0 radical (unpaired) electrons. The normalized spacial score (nSPS) is 14.9. The minimum Gasteiger partial charge on any atom is -0.378 e. The van der Waals surface area contributed by atoms with Crippen LogP contribution in [0.2, 0.25) is 0 Å². The van der Waals surface area contributed by atoms with E-state index in [1.165, 1.54) is 0 Å². The second-order valence-corrected chi connectivity index (χ2v) is 8.16. The summed E-state index contributed by atoms with van der Waals surface area (Å²) in [5, 5.41) is 3.09. The van der Waals surface area contributed by atoms with Crippen LogP contribution in [0, 0.1) is 6.92 Å². The molecule has 0 saturated carbocycles. The Balaban J connectivity index is 1.50. The molecule has 0 bridgehead atoms. The number of benzene rings is 1. The van der Waals surface area contributed by atoms with Crippen LogP contribution in [0.4, 0.5) is 11.8 Å². The molecule has 1 aromatic heterocycles. The molecular formula is C18H25N5O3S. The van der Waals surface area contributed by atoms with E-state index >= 15 is 0 Å². The average molecular weight is 391 g/mol. The van der Waals surface area contributed by atoms with Crippen LogP contribution in [-0.4, -0.2) is 57.8 Å². The maximum atomic E-state index is 12.1. The molecule has 0 atom stereocenters. The predicted octanol–water partition coefficient (Wildman–Crippen LogP) is 1.15. The van der Waals surface area contributed by atoms with E-state index in [0.29, 0.717) is 25.7 Å². The monoisotopic (exact) mass is 391 g/mol. The maximum absolute atomic E-state index is 12.1. The summed E-state index contributed by atoms with van der Waals surface area (Å²) in [6.45, 7) is 5.56. The van der Waals surface area contributed by atoms with E-state index < -0.39 is 10.0 Å². The molecule has 3 rings (SSSR count). The van der Waals surface area contributed by atoms with Gasteiger partial charge < -0.3 is 15.0 Å². The highest BCUT2D eigenvalue weighted by molar-refractivity contribution is 7.88. The van der Waals surface area contributed by atoms with Crippen LogP contribution < -0.4 is 14.9 Å². The van der Waals surface area contributed by atoms with Gasteiger partial charge in [-0.05, 0) is 12.5 Å². The molecule has 2 aromatic rings. The van der Waals surface area contributed by atoms with Gasteiger partial charge in [0.15, 0.2) is 0 Å². The second-order valence-electron chi connectivity index (χ2n) is 6.36. The summed E-state index contributed by atoms with van der Waals surface area (Å²) in [4.78, 5) is 11.1. The number of anilines is 2. The lowest BCUT2D eigenvalue weighted by Gasteiger charge is -2.28. The fourth-order valence-electron chi connectivity index (χ4n) is 2.81. The summed E-state index contributed by atoms with van der Waals surface area (Å²) in [7, 11) is -3.38. The number of hydrogen-bond donors (Lipinski definition) is 2. The van der Waals surface area contributed by atoms with Gasteiger partial charge in [-0.25, -0.2) is 18.1 Å². The first-order valence-corrected chi connectivity index (χ1v) is 10.6. The van der Waals surface area contributed by atoms with Crippen LogP contribution in [0.1, 0.15) is 11.3 Å². The van der Waals surface area contributed by atoms with Crippen LogP contribution in [0.3, 0.4) is 0 Å². The summed E-state index contributed by atoms with van der Waals surface area (Å²) in [5.41, 5.74) is 1.62. The number of sulfonamides is 1. The summed E-state index contributed by atoms with van der Waals surface area (Å²) in [6.07, 6.45) is 0. The Hall–Kier alpha value is -2.23. The standard InChI is InChI=1S/C18H25N5O3S/c1-15-13-17(23-9-11-26-12-10-23)22-18(21-15)19-7-8-20-27(24,25)14-16-5-3-2-4-6-16/h2-6,13,20H,7-12,14H2,1H3,(H,19,21,22). The minimum absolute atomic E-state index is 0.0318. The summed E-state index contributed by atoms with van der Waals surface area (Å²) < 4.78 is 32.2.